The molecular weight excluding hydrogens is 279 g/mol. The maximum atomic E-state index is 11.5. The Balaban J connectivity index is 5.97. The van der Waals surface area contributed by atoms with Crippen LogP contribution in [0.1, 0.15) is 40.5 Å². The largest absolute Gasteiger partial charge is 0.480 e. The van der Waals surface area contributed by atoms with Crippen LogP contribution in [0.4, 0.5) is 0 Å². The van der Waals surface area contributed by atoms with E-state index in [1.54, 1.807) is 27.7 Å². The first-order valence-corrected chi connectivity index (χ1v) is 6.70. The maximum Gasteiger partial charge on any atom is 0.327 e. The minimum absolute atomic E-state index is 0.425. The molecule has 0 aliphatic carbocycles. The van der Waals surface area contributed by atoms with Crippen molar-refractivity contribution in [2.45, 2.75) is 50.3 Å². The number of halogens is 2. The normalized spacial score (nSPS) is 21.4. The summed E-state index contributed by atoms with van der Waals surface area (Å²) in [6.07, 6.45) is 0.849. The molecule has 0 radical (unpaired) electrons. The fraction of sp³-hybridized carbons (Fsp3) is 0.833. The van der Waals surface area contributed by atoms with E-state index in [0.717, 1.165) is 0 Å². The van der Waals surface area contributed by atoms with Crippen LogP contribution in [-0.4, -0.2) is 31.9 Å². The van der Waals surface area contributed by atoms with Gasteiger partial charge in [-0.25, -0.2) is 0 Å². The second-order valence-corrected chi connectivity index (χ2v) is 5.84. The maximum absolute atomic E-state index is 11.5. The first-order chi connectivity index (χ1) is 8.10. The van der Waals surface area contributed by atoms with E-state index in [1.807, 2.05) is 0 Å². The summed E-state index contributed by atoms with van der Waals surface area (Å²) in [5.41, 5.74) is 0. The van der Waals surface area contributed by atoms with Crippen LogP contribution in [0, 0.1) is 11.8 Å². The molecule has 0 saturated heterocycles. The number of alkyl halides is 2. The van der Waals surface area contributed by atoms with E-state index in [2.05, 4.69) is 0 Å². The van der Waals surface area contributed by atoms with E-state index >= 15 is 0 Å². The summed E-state index contributed by atoms with van der Waals surface area (Å²) in [6.45, 7) is 6.70. The van der Waals surface area contributed by atoms with E-state index in [1.165, 1.54) is 0 Å². The van der Waals surface area contributed by atoms with Gasteiger partial charge >= 0.3 is 11.9 Å². The van der Waals surface area contributed by atoms with Gasteiger partial charge in [-0.1, -0.05) is 40.5 Å². The van der Waals surface area contributed by atoms with Crippen molar-refractivity contribution in [3.05, 3.63) is 0 Å². The third kappa shape index (κ3) is 2.45. The average Bonchev–Trinajstić information content (AvgIpc) is 2.33. The molecule has 0 spiro atoms. The summed E-state index contributed by atoms with van der Waals surface area (Å²) in [4.78, 5) is 19.0. The molecule has 6 heteroatoms. The van der Waals surface area contributed by atoms with Crippen LogP contribution in [0.15, 0.2) is 0 Å². The van der Waals surface area contributed by atoms with Gasteiger partial charge in [0.1, 0.15) is 0 Å². The number of hydrogen-bond acceptors (Lipinski definition) is 2. The molecule has 0 fully saturated rings. The van der Waals surface area contributed by atoms with Crippen molar-refractivity contribution in [1.29, 1.82) is 0 Å². The predicted molar refractivity (Wildman–Crippen MR) is 71.3 cm³/mol. The molecule has 4 atom stereocenters. The molecule has 0 aliphatic heterocycles. The SMILES string of the molecule is CCC(C)C(Cl)(C(=O)O)C(Cl)(C(=O)O)C(C)CC. The molecule has 4 nitrogen and oxygen atoms in total. The molecular formula is C12H20Cl2O4. The predicted octanol–water partition coefficient (Wildman–Crippen LogP) is 3.20. The van der Waals surface area contributed by atoms with Gasteiger partial charge in [-0.15, -0.1) is 23.2 Å². The highest BCUT2D eigenvalue weighted by Crippen LogP contribution is 2.48. The summed E-state index contributed by atoms with van der Waals surface area (Å²) in [5, 5.41) is 18.8. The van der Waals surface area contributed by atoms with Crippen LogP contribution in [0.25, 0.3) is 0 Å². The van der Waals surface area contributed by atoms with Gasteiger partial charge < -0.3 is 10.2 Å². The third-order valence-electron chi connectivity index (χ3n) is 3.73. The Hall–Kier alpha value is -0.480. The van der Waals surface area contributed by atoms with E-state index in [-0.39, 0.29) is 0 Å². The zero-order chi connectivity index (χ0) is 14.7. The van der Waals surface area contributed by atoms with Crippen LogP contribution in [-0.2, 0) is 9.59 Å². The van der Waals surface area contributed by atoms with Gasteiger partial charge in [0.2, 0.25) is 0 Å². The Labute approximate surface area is 117 Å². The van der Waals surface area contributed by atoms with Crippen molar-refractivity contribution in [2.24, 2.45) is 11.8 Å². The monoisotopic (exact) mass is 298 g/mol. The summed E-state index contributed by atoms with van der Waals surface area (Å²) in [6, 6.07) is 0. The topological polar surface area (TPSA) is 74.6 Å². The van der Waals surface area contributed by atoms with Gasteiger partial charge in [0.15, 0.2) is 9.75 Å². The van der Waals surface area contributed by atoms with Crippen molar-refractivity contribution in [3.63, 3.8) is 0 Å². The fourth-order valence-corrected chi connectivity index (χ4v) is 2.86. The molecule has 0 amide bonds. The highest BCUT2D eigenvalue weighted by molar-refractivity contribution is 6.47. The first kappa shape index (κ1) is 17.5. The number of aliphatic carboxylic acids is 2. The Kier molecular flexibility index (Phi) is 5.95. The zero-order valence-corrected chi connectivity index (χ0v) is 12.5. The summed E-state index contributed by atoms with van der Waals surface area (Å²) in [7, 11) is 0. The van der Waals surface area contributed by atoms with Gasteiger partial charge in [0.25, 0.3) is 0 Å². The van der Waals surface area contributed by atoms with Gasteiger partial charge in [-0.2, -0.15) is 0 Å². The minimum Gasteiger partial charge on any atom is -0.480 e. The Morgan fingerprint density at radius 3 is 1.28 bits per heavy atom. The number of carboxylic acid groups (broad SMARTS) is 2. The highest BCUT2D eigenvalue weighted by Gasteiger charge is 2.64. The molecule has 0 aromatic carbocycles. The highest BCUT2D eigenvalue weighted by atomic mass is 35.5. The van der Waals surface area contributed by atoms with Crippen LogP contribution >= 0.6 is 23.2 Å². The number of carboxylic acids is 2. The molecule has 106 valence electrons. The molecule has 4 unspecified atom stereocenters. The molecule has 0 aromatic rings. The lowest BCUT2D eigenvalue weighted by Crippen LogP contribution is -2.63. The van der Waals surface area contributed by atoms with Crippen molar-refractivity contribution in [3.8, 4) is 0 Å². The Bertz CT molecular complexity index is 302. The lowest BCUT2D eigenvalue weighted by atomic mass is 9.72. The second kappa shape index (κ2) is 6.11. The van der Waals surface area contributed by atoms with E-state index in [9.17, 15) is 19.8 Å². The molecule has 0 aliphatic rings. The Morgan fingerprint density at radius 1 is 0.944 bits per heavy atom. The van der Waals surface area contributed by atoms with Crippen LogP contribution in [0.5, 0.6) is 0 Å². The molecule has 2 N–H and O–H groups in total. The van der Waals surface area contributed by atoms with Crippen molar-refractivity contribution >= 4 is 35.1 Å². The summed E-state index contributed by atoms with van der Waals surface area (Å²) < 4.78 is 0. The summed E-state index contributed by atoms with van der Waals surface area (Å²) in [5.74, 6) is -3.93. The number of hydrogen-bond donors (Lipinski definition) is 2. The lowest BCUT2D eigenvalue weighted by Gasteiger charge is -2.43. The van der Waals surface area contributed by atoms with E-state index in [0.29, 0.717) is 12.8 Å². The van der Waals surface area contributed by atoms with Crippen LogP contribution < -0.4 is 0 Å². The van der Waals surface area contributed by atoms with Gasteiger partial charge in [-0.05, 0) is 11.8 Å². The second-order valence-electron chi connectivity index (χ2n) is 4.65. The van der Waals surface area contributed by atoms with E-state index in [4.69, 9.17) is 23.2 Å². The summed E-state index contributed by atoms with van der Waals surface area (Å²) >= 11 is 12.4. The lowest BCUT2D eigenvalue weighted by molar-refractivity contribution is -0.153. The molecule has 0 saturated carbocycles. The van der Waals surface area contributed by atoms with E-state index < -0.39 is 33.5 Å². The van der Waals surface area contributed by atoms with Crippen LogP contribution in [0.3, 0.4) is 0 Å². The standard InChI is InChI=1S/C12H20Cl2O4/c1-5-7(3)11(13,9(15)16)12(14,10(17)18)8(4)6-2/h7-8H,5-6H2,1-4H3,(H,15,16)(H,17,18). The molecule has 0 bridgehead atoms. The van der Waals surface area contributed by atoms with Crippen molar-refractivity contribution in [2.75, 3.05) is 0 Å². The molecule has 18 heavy (non-hydrogen) atoms. The zero-order valence-electron chi connectivity index (χ0n) is 11.0. The minimum atomic E-state index is -2.04. The van der Waals surface area contributed by atoms with Gasteiger partial charge in [0.05, 0.1) is 0 Å². The molecule has 0 rings (SSSR count). The molecule has 0 aromatic heterocycles. The smallest absolute Gasteiger partial charge is 0.327 e. The quantitative estimate of drug-likeness (QED) is 0.708. The average molecular weight is 299 g/mol. The Morgan fingerprint density at radius 2 is 1.17 bits per heavy atom. The number of rotatable bonds is 7. The van der Waals surface area contributed by atoms with Crippen molar-refractivity contribution < 1.29 is 19.8 Å². The van der Waals surface area contributed by atoms with Gasteiger partial charge in [0, 0.05) is 0 Å². The molecule has 0 heterocycles. The first-order valence-electron chi connectivity index (χ1n) is 5.95. The number of carbonyl (C=O) groups is 2. The van der Waals surface area contributed by atoms with Crippen LogP contribution in [0.2, 0.25) is 0 Å². The fourth-order valence-electron chi connectivity index (χ4n) is 2.01. The van der Waals surface area contributed by atoms with Gasteiger partial charge in [-0.3, -0.25) is 9.59 Å². The third-order valence-corrected chi connectivity index (χ3v) is 5.50. The van der Waals surface area contributed by atoms with Crippen molar-refractivity contribution in [1.82, 2.24) is 0 Å².